The summed E-state index contributed by atoms with van der Waals surface area (Å²) in [7, 11) is 0. The van der Waals surface area contributed by atoms with Crippen molar-refractivity contribution in [2.45, 2.75) is 177 Å². The molecule has 0 spiro atoms. The number of aliphatic hydroxyl groups is 2. The molecule has 0 rings (SSSR count). The van der Waals surface area contributed by atoms with E-state index in [2.05, 4.69) is 30.2 Å². The maximum atomic E-state index is 13.4. The smallest absolute Gasteiger partial charge is 0.340 e. The molecule has 0 aliphatic carbocycles. The van der Waals surface area contributed by atoms with Gasteiger partial charge < -0.3 is 38.6 Å². The molecule has 360 valence electrons. The first kappa shape index (κ1) is 60.2. The SMILES string of the molecule is CCCCC(CC)COC(=O)CC(O)(C(=O)OCC(CC)CCCC)C(C(C)=O)C(=O)OCC(CC)CCCC.CCOC(=O)CC(O)(C(=O)OCC)C(C(C)=O)C(=O)OCC. The van der Waals surface area contributed by atoms with E-state index < -0.39 is 83.3 Å². The van der Waals surface area contributed by atoms with Gasteiger partial charge in [0.1, 0.15) is 11.6 Å². The Morgan fingerprint density at radius 2 is 0.758 bits per heavy atom. The van der Waals surface area contributed by atoms with Crippen molar-refractivity contribution in [3.05, 3.63) is 0 Å². The fourth-order valence-corrected chi connectivity index (χ4v) is 6.67. The molecule has 62 heavy (non-hydrogen) atoms. The lowest BCUT2D eigenvalue weighted by molar-refractivity contribution is -0.189. The number of carbonyl (C=O) groups is 8. The molecule has 0 bridgehead atoms. The second kappa shape index (κ2) is 33.6. The number of ketones is 2. The zero-order valence-electron chi connectivity index (χ0n) is 39.6. The summed E-state index contributed by atoms with van der Waals surface area (Å²) in [5.41, 5.74) is -5.39. The highest BCUT2D eigenvalue weighted by atomic mass is 16.6. The normalized spacial score (nSPS) is 15.3. The molecule has 0 aromatic heterocycles. The molecular formula is C46H80O16. The molecule has 0 saturated heterocycles. The molecule has 16 nitrogen and oxygen atoms in total. The number of rotatable bonds is 33. The largest absolute Gasteiger partial charge is 0.466 e. The van der Waals surface area contributed by atoms with E-state index in [1.54, 1.807) is 0 Å². The van der Waals surface area contributed by atoms with Crippen molar-refractivity contribution < 1.29 is 77.0 Å². The molecule has 0 aliphatic heterocycles. The highest BCUT2D eigenvalue weighted by molar-refractivity contribution is 6.06. The third kappa shape index (κ3) is 21.9. The summed E-state index contributed by atoms with van der Waals surface area (Å²) in [6.07, 6.45) is 9.14. The fraction of sp³-hybridized carbons (Fsp3) is 0.826. The molecule has 0 aliphatic rings. The van der Waals surface area contributed by atoms with Gasteiger partial charge in [-0.1, -0.05) is 99.3 Å². The fourth-order valence-electron chi connectivity index (χ4n) is 6.67. The lowest BCUT2D eigenvalue weighted by Crippen LogP contribution is -2.55. The molecule has 7 atom stereocenters. The molecule has 0 fully saturated rings. The van der Waals surface area contributed by atoms with E-state index in [4.69, 9.17) is 18.9 Å². The first-order chi connectivity index (χ1) is 29.3. The van der Waals surface area contributed by atoms with E-state index in [9.17, 15) is 48.6 Å². The first-order valence-electron chi connectivity index (χ1n) is 22.7. The average molecular weight is 889 g/mol. The van der Waals surface area contributed by atoms with Crippen LogP contribution in [0.5, 0.6) is 0 Å². The Labute approximate surface area is 370 Å². The van der Waals surface area contributed by atoms with E-state index in [0.29, 0.717) is 0 Å². The zero-order chi connectivity index (χ0) is 47.9. The van der Waals surface area contributed by atoms with Crippen LogP contribution >= 0.6 is 0 Å². The third-order valence-corrected chi connectivity index (χ3v) is 10.7. The van der Waals surface area contributed by atoms with Crippen LogP contribution in [0.25, 0.3) is 0 Å². The molecule has 0 amide bonds. The molecule has 16 heteroatoms. The zero-order valence-corrected chi connectivity index (χ0v) is 39.6. The van der Waals surface area contributed by atoms with Crippen LogP contribution in [0.4, 0.5) is 0 Å². The first-order valence-corrected chi connectivity index (χ1v) is 22.7. The van der Waals surface area contributed by atoms with Crippen molar-refractivity contribution in [1.82, 2.24) is 0 Å². The third-order valence-electron chi connectivity index (χ3n) is 10.7. The van der Waals surface area contributed by atoms with Gasteiger partial charge >= 0.3 is 35.8 Å². The van der Waals surface area contributed by atoms with Gasteiger partial charge in [0.05, 0.1) is 52.5 Å². The van der Waals surface area contributed by atoms with Crippen LogP contribution < -0.4 is 0 Å². The molecule has 0 heterocycles. The Morgan fingerprint density at radius 3 is 1.10 bits per heavy atom. The molecule has 7 unspecified atom stereocenters. The second-order valence-corrected chi connectivity index (χ2v) is 15.7. The van der Waals surface area contributed by atoms with Gasteiger partial charge in [0.25, 0.3) is 0 Å². The van der Waals surface area contributed by atoms with E-state index in [1.807, 2.05) is 20.8 Å². The van der Waals surface area contributed by atoms with Crippen molar-refractivity contribution in [3.63, 3.8) is 0 Å². The van der Waals surface area contributed by atoms with Crippen LogP contribution in [0.3, 0.4) is 0 Å². The minimum absolute atomic E-state index is 0.0158. The van der Waals surface area contributed by atoms with E-state index in [1.165, 1.54) is 20.8 Å². The van der Waals surface area contributed by atoms with Crippen LogP contribution in [0.1, 0.15) is 166 Å². The summed E-state index contributed by atoms with van der Waals surface area (Å²) >= 11 is 0. The highest BCUT2D eigenvalue weighted by Crippen LogP contribution is 2.30. The minimum atomic E-state index is -2.72. The maximum absolute atomic E-state index is 13.4. The molecule has 0 aromatic rings. The summed E-state index contributed by atoms with van der Waals surface area (Å²) in [5.74, 6) is -11.4. The number of carbonyl (C=O) groups excluding carboxylic acids is 8. The lowest BCUT2D eigenvalue weighted by atomic mass is 9.81. The van der Waals surface area contributed by atoms with E-state index in [-0.39, 0.29) is 57.4 Å². The summed E-state index contributed by atoms with van der Waals surface area (Å²) in [6, 6.07) is 0. The van der Waals surface area contributed by atoms with Crippen molar-refractivity contribution in [1.29, 1.82) is 0 Å². The van der Waals surface area contributed by atoms with Gasteiger partial charge in [0.2, 0.25) is 0 Å². The molecule has 2 N–H and O–H groups in total. The summed E-state index contributed by atoms with van der Waals surface area (Å²) in [6.45, 7) is 19.0. The molecule has 0 aromatic carbocycles. The van der Waals surface area contributed by atoms with Gasteiger partial charge in [0, 0.05) is 0 Å². The van der Waals surface area contributed by atoms with Crippen LogP contribution in [-0.4, -0.2) is 108 Å². The lowest BCUT2D eigenvalue weighted by Gasteiger charge is -2.31. The number of ether oxygens (including phenoxy) is 6. The van der Waals surface area contributed by atoms with Gasteiger partial charge in [-0.15, -0.1) is 0 Å². The Kier molecular flexibility index (Phi) is 32.6. The number of esters is 6. The van der Waals surface area contributed by atoms with E-state index >= 15 is 0 Å². The van der Waals surface area contributed by atoms with Crippen molar-refractivity contribution in [3.8, 4) is 0 Å². The van der Waals surface area contributed by atoms with Crippen LogP contribution in [0, 0.1) is 29.6 Å². The van der Waals surface area contributed by atoms with Crippen LogP contribution in [0.2, 0.25) is 0 Å². The van der Waals surface area contributed by atoms with Crippen molar-refractivity contribution in [2.24, 2.45) is 29.6 Å². The molecule has 0 radical (unpaired) electrons. The van der Waals surface area contributed by atoms with Gasteiger partial charge in [-0.3, -0.25) is 28.8 Å². The van der Waals surface area contributed by atoms with Gasteiger partial charge in [-0.25, -0.2) is 9.59 Å². The number of unbranched alkanes of at least 4 members (excludes halogenated alkanes) is 3. The minimum Gasteiger partial charge on any atom is -0.466 e. The van der Waals surface area contributed by atoms with Crippen LogP contribution in [-0.2, 0) is 66.8 Å². The molecule has 0 saturated carbocycles. The van der Waals surface area contributed by atoms with Crippen molar-refractivity contribution >= 4 is 47.4 Å². The maximum Gasteiger partial charge on any atom is 0.340 e. The number of hydrogen-bond donors (Lipinski definition) is 2. The average Bonchev–Trinajstić information content (AvgIpc) is 3.21. The highest BCUT2D eigenvalue weighted by Gasteiger charge is 2.55. The van der Waals surface area contributed by atoms with Gasteiger partial charge in [-0.05, 0) is 71.6 Å². The summed E-state index contributed by atoms with van der Waals surface area (Å²) in [4.78, 5) is 99.6. The van der Waals surface area contributed by atoms with E-state index in [0.717, 1.165) is 90.9 Å². The predicted octanol–water partition coefficient (Wildman–Crippen LogP) is 6.59. The Morgan fingerprint density at radius 1 is 0.435 bits per heavy atom. The predicted molar refractivity (Wildman–Crippen MR) is 230 cm³/mol. The van der Waals surface area contributed by atoms with Crippen molar-refractivity contribution in [2.75, 3.05) is 39.6 Å². The van der Waals surface area contributed by atoms with Gasteiger partial charge in [0.15, 0.2) is 23.0 Å². The van der Waals surface area contributed by atoms with Gasteiger partial charge in [-0.2, -0.15) is 0 Å². The summed E-state index contributed by atoms with van der Waals surface area (Å²) in [5, 5.41) is 22.2. The Balaban J connectivity index is 0. The number of Topliss-reactive ketones (excluding diaryl/α,β-unsaturated/α-hetero) is 2. The summed E-state index contributed by atoms with van der Waals surface area (Å²) < 4.78 is 30.4. The topological polar surface area (TPSA) is 232 Å². The number of hydrogen-bond acceptors (Lipinski definition) is 16. The molecular weight excluding hydrogens is 808 g/mol. The Bertz CT molecular complexity index is 1360. The quantitative estimate of drug-likeness (QED) is 0.0402. The van der Waals surface area contributed by atoms with Crippen LogP contribution in [0.15, 0.2) is 0 Å². The monoisotopic (exact) mass is 889 g/mol. The second-order valence-electron chi connectivity index (χ2n) is 15.7. The Hall–Kier alpha value is -3.92. The standard InChI is InChI=1S/C32H58O8.C14H22O8/c1-8-14-17-25(11-4)21-38-28(34)20-32(37,31(36)40-23-27(13-6)19-16-10-3)29(24(7)33)30(35)39-22-26(12-5)18-15-9-2;1-5-20-10(16)8-14(19,13(18)22-7-3)11(9(4)15)12(17)21-6-2/h25-27,29,37H,8-23H2,1-7H3;11,19H,5-8H2,1-4H3.